The standard InChI is InChI=1S/C11H13NOS/c12-9(5-6-13)11-7-8-3-1-2-4-10(8)14-11/h1-4,7,9,13H,5-6,12H2/t9-/m0/s1. The molecule has 74 valence electrons. The third-order valence-corrected chi connectivity index (χ3v) is 3.50. The van der Waals surface area contributed by atoms with Gasteiger partial charge in [0.25, 0.3) is 0 Å². The Kier molecular flexibility index (Phi) is 2.82. The Labute approximate surface area is 87.0 Å². The first-order chi connectivity index (χ1) is 6.81. The van der Waals surface area contributed by atoms with Crippen LogP contribution in [0.1, 0.15) is 17.3 Å². The number of rotatable bonds is 3. The number of aliphatic hydroxyl groups is 1. The van der Waals surface area contributed by atoms with E-state index in [0.717, 1.165) is 4.88 Å². The molecule has 2 aromatic rings. The zero-order valence-corrected chi connectivity index (χ0v) is 8.63. The lowest BCUT2D eigenvalue weighted by Gasteiger charge is -2.05. The van der Waals surface area contributed by atoms with Crippen molar-refractivity contribution in [2.75, 3.05) is 6.61 Å². The third-order valence-electron chi connectivity index (χ3n) is 2.25. The number of thiophene rings is 1. The smallest absolute Gasteiger partial charge is 0.0449 e. The molecule has 2 nitrogen and oxygen atoms in total. The Hall–Kier alpha value is -0.900. The highest BCUT2D eigenvalue weighted by Gasteiger charge is 2.08. The molecule has 0 radical (unpaired) electrons. The molecule has 0 fully saturated rings. The van der Waals surface area contributed by atoms with Crippen LogP contribution in [0.2, 0.25) is 0 Å². The van der Waals surface area contributed by atoms with Gasteiger partial charge in [0, 0.05) is 22.2 Å². The summed E-state index contributed by atoms with van der Waals surface area (Å²) in [6.07, 6.45) is 0.632. The fourth-order valence-corrected chi connectivity index (χ4v) is 2.57. The van der Waals surface area contributed by atoms with Crippen LogP contribution in [0.25, 0.3) is 10.1 Å². The number of benzene rings is 1. The van der Waals surface area contributed by atoms with E-state index in [-0.39, 0.29) is 12.6 Å². The van der Waals surface area contributed by atoms with E-state index in [9.17, 15) is 0 Å². The lowest BCUT2D eigenvalue weighted by molar-refractivity contribution is 0.277. The van der Waals surface area contributed by atoms with Gasteiger partial charge in [-0.3, -0.25) is 0 Å². The second-order valence-electron chi connectivity index (χ2n) is 3.31. The first kappa shape index (κ1) is 9.65. The van der Waals surface area contributed by atoms with Crippen LogP contribution in [0.4, 0.5) is 0 Å². The Morgan fingerprint density at radius 1 is 1.36 bits per heavy atom. The van der Waals surface area contributed by atoms with Gasteiger partial charge in [-0.25, -0.2) is 0 Å². The van der Waals surface area contributed by atoms with Gasteiger partial charge < -0.3 is 10.8 Å². The second-order valence-corrected chi connectivity index (χ2v) is 4.42. The van der Waals surface area contributed by atoms with Crippen LogP contribution in [-0.2, 0) is 0 Å². The van der Waals surface area contributed by atoms with Gasteiger partial charge in [0.05, 0.1) is 0 Å². The highest BCUT2D eigenvalue weighted by Crippen LogP contribution is 2.29. The van der Waals surface area contributed by atoms with Gasteiger partial charge in [0.2, 0.25) is 0 Å². The maximum atomic E-state index is 8.80. The predicted molar refractivity (Wildman–Crippen MR) is 60.5 cm³/mol. The zero-order chi connectivity index (χ0) is 9.97. The SMILES string of the molecule is N[C@@H](CCO)c1cc2ccccc2s1. The van der Waals surface area contributed by atoms with Gasteiger partial charge >= 0.3 is 0 Å². The summed E-state index contributed by atoms with van der Waals surface area (Å²) in [7, 11) is 0. The molecule has 0 bridgehead atoms. The van der Waals surface area contributed by atoms with Gasteiger partial charge in [0.15, 0.2) is 0 Å². The molecule has 0 aliphatic heterocycles. The van der Waals surface area contributed by atoms with E-state index in [4.69, 9.17) is 10.8 Å². The van der Waals surface area contributed by atoms with Crippen molar-refractivity contribution in [3.8, 4) is 0 Å². The van der Waals surface area contributed by atoms with Crippen molar-refractivity contribution in [3.05, 3.63) is 35.2 Å². The van der Waals surface area contributed by atoms with Crippen molar-refractivity contribution in [1.29, 1.82) is 0 Å². The molecule has 3 N–H and O–H groups in total. The van der Waals surface area contributed by atoms with E-state index in [1.54, 1.807) is 11.3 Å². The van der Waals surface area contributed by atoms with Crippen molar-refractivity contribution in [3.63, 3.8) is 0 Å². The molecule has 0 saturated heterocycles. The Balaban J connectivity index is 2.35. The molecule has 14 heavy (non-hydrogen) atoms. The first-order valence-corrected chi connectivity index (χ1v) is 5.48. The predicted octanol–water partition coefficient (Wildman–Crippen LogP) is 2.28. The van der Waals surface area contributed by atoms with Gasteiger partial charge in [-0.2, -0.15) is 0 Å². The number of hydrogen-bond acceptors (Lipinski definition) is 3. The molecule has 0 saturated carbocycles. The van der Waals surface area contributed by atoms with Crippen molar-refractivity contribution in [1.82, 2.24) is 0 Å². The summed E-state index contributed by atoms with van der Waals surface area (Å²) in [4.78, 5) is 1.15. The Bertz CT molecular complexity index is 391. The molecule has 0 spiro atoms. The van der Waals surface area contributed by atoms with E-state index in [0.29, 0.717) is 6.42 Å². The van der Waals surface area contributed by atoms with E-state index in [1.165, 1.54) is 10.1 Å². The second kappa shape index (κ2) is 4.09. The van der Waals surface area contributed by atoms with Crippen LogP contribution >= 0.6 is 11.3 Å². The van der Waals surface area contributed by atoms with E-state index in [1.807, 2.05) is 12.1 Å². The summed E-state index contributed by atoms with van der Waals surface area (Å²) in [6, 6.07) is 10.3. The van der Waals surface area contributed by atoms with E-state index >= 15 is 0 Å². The molecule has 2 rings (SSSR count). The maximum Gasteiger partial charge on any atom is 0.0449 e. The fourth-order valence-electron chi connectivity index (χ4n) is 1.47. The lowest BCUT2D eigenvalue weighted by atomic mass is 10.1. The minimum atomic E-state index is -0.0302. The Morgan fingerprint density at radius 2 is 2.14 bits per heavy atom. The molecule has 1 aromatic carbocycles. The molecule has 0 amide bonds. The van der Waals surface area contributed by atoms with Gasteiger partial charge in [-0.15, -0.1) is 11.3 Å². The van der Waals surface area contributed by atoms with Crippen LogP contribution in [0.5, 0.6) is 0 Å². The molecule has 3 heteroatoms. The highest BCUT2D eigenvalue weighted by molar-refractivity contribution is 7.19. The Morgan fingerprint density at radius 3 is 2.86 bits per heavy atom. The van der Waals surface area contributed by atoms with Crippen molar-refractivity contribution in [2.45, 2.75) is 12.5 Å². The summed E-state index contributed by atoms with van der Waals surface area (Å²) in [5.41, 5.74) is 5.92. The third kappa shape index (κ3) is 1.80. The molecule has 1 atom stereocenters. The van der Waals surface area contributed by atoms with Crippen LogP contribution in [0, 0.1) is 0 Å². The molecule has 0 aliphatic carbocycles. The normalized spacial score (nSPS) is 13.3. The maximum absolute atomic E-state index is 8.80. The molecule has 1 heterocycles. The zero-order valence-electron chi connectivity index (χ0n) is 7.81. The molecular weight excluding hydrogens is 194 g/mol. The number of fused-ring (bicyclic) bond motifs is 1. The van der Waals surface area contributed by atoms with Gasteiger partial charge in [0.1, 0.15) is 0 Å². The van der Waals surface area contributed by atoms with Crippen LogP contribution in [-0.4, -0.2) is 11.7 Å². The fraction of sp³-hybridized carbons (Fsp3) is 0.273. The summed E-state index contributed by atoms with van der Waals surface area (Å²) < 4.78 is 1.26. The average molecular weight is 207 g/mol. The molecule has 1 aromatic heterocycles. The summed E-state index contributed by atoms with van der Waals surface area (Å²) >= 11 is 1.71. The minimum absolute atomic E-state index is 0.0302. The monoisotopic (exact) mass is 207 g/mol. The number of aliphatic hydroxyl groups excluding tert-OH is 1. The number of nitrogens with two attached hydrogens (primary N) is 1. The molecule has 0 aliphatic rings. The largest absolute Gasteiger partial charge is 0.396 e. The summed E-state index contributed by atoms with van der Waals surface area (Å²) in [5, 5.41) is 10.0. The van der Waals surface area contributed by atoms with Crippen molar-refractivity contribution in [2.24, 2.45) is 5.73 Å². The average Bonchev–Trinajstić information content (AvgIpc) is 2.61. The van der Waals surface area contributed by atoms with Crippen LogP contribution in [0.3, 0.4) is 0 Å². The van der Waals surface area contributed by atoms with E-state index in [2.05, 4.69) is 18.2 Å². The van der Waals surface area contributed by atoms with Crippen molar-refractivity contribution >= 4 is 21.4 Å². The first-order valence-electron chi connectivity index (χ1n) is 4.66. The molecular formula is C11H13NOS. The minimum Gasteiger partial charge on any atom is -0.396 e. The van der Waals surface area contributed by atoms with Crippen LogP contribution in [0.15, 0.2) is 30.3 Å². The van der Waals surface area contributed by atoms with Gasteiger partial charge in [-0.1, -0.05) is 18.2 Å². The summed E-state index contributed by atoms with van der Waals surface area (Å²) in [5.74, 6) is 0. The van der Waals surface area contributed by atoms with E-state index < -0.39 is 0 Å². The summed E-state index contributed by atoms with van der Waals surface area (Å²) in [6.45, 7) is 0.148. The van der Waals surface area contributed by atoms with Gasteiger partial charge in [-0.05, 0) is 23.9 Å². The lowest BCUT2D eigenvalue weighted by Crippen LogP contribution is -2.09. The number of hydrogen-bond donors (Lipinski definition) is 2. The van der Waals surface area contributed by atoms with Crippen LogP contribution < -0.4 is 5.73 Å². The topological polar surface area (TPSA) is 46.2 Å². The highest BCUT2D eigenvalue weighted by atomic mass is 32.1. The molecule has 0 unspecified atom stereocenters. The quantitative estimate of drug-likeness (QED) is 0.811. The van der Waals surface area contributed by atoms with Crippen molar-refractivity contribution < 1.29 is 5.11 Å².